The van der Waals surface area contributed by atoms with Gasteiger partial charge in [-0.3, -0.25) is 9.36 Å². The van der Waals surface area contributed by atoms with Crippen LogP contribution in [0.4, 0.5) is 5.69 Å². The van der Waals surface area contributed by atoms with Crippen molar-refractivity contribution in [1.82, 2.24) is 14.8 Å². The van der Waals surface area contributed by atoms with Crippen molar-refractivity contribution in [3.63, 3.8) is 0 Å². The molecule has 2 heterocycles. The number of halogens is 1. The molecule has 1 amide bonds. The molecule has 0 saturated carbocycles. The summed E-state index contributed by atoms with van der Waals surface area (Å²) in [4.78, 5) is 13.5. The summed E-state index contributed by atoms with van der Waals surface area (Å²) in [6.45, 7) is 2.57. The van der Waals surface area contributed by atoms with Crippen molar-refractivity contribution in [2.45, 2.75) is 12.1 Å². The van der Waals surface area contributed by atoms with Crippen molar-refractivity contribution in [2.75, 3.05) is 17.7 Å². The molecule has 6 nitrogen and oxygen atoms in total. The van der Waals surface area contributed by atoms with E-state index in [9.17, 15) is 4.79 Å². The minimum absolute atomic E-state index is 0.115. The van der Waals surface area contributed by atoms with E-state index in [1.165, 1.54) is 11.8 Å². The molecule has 9 heteroatoms. The van der Waals surface area contributed by atoms with E-state index in [1.54, 1.807) is 11.3 Å². The first-order chi connectivity index (χ1) is 15.2. The minimum atomic E-state index is -0.115. The van der Waals surface area contributed by atoms with Gasteiger partial charge in [-0.2, -0.15) is 0 Å². The smallest absolute Gasteiger partial charge is 0.234 e. The third-order valence-electron chi connectivity index (χ3n) is 4.26. The zero-order valence-electron chi connectivity index (χ0n) is 16.6. The van der Waals surface area contributed by atoms with Gasteiger partial charge < -0.3 is 10.1 Å². The highest BCUT2D eigenvalue weighted by atomic mass is 79.9. The molecule has 0 radical (unpaired) electrons. The fourth-order valence-electron chi connectivity index (χ4n) is 2.90. The zero-order valence-corrected chi connectivity index (χ0v) is 19.8. The van der Waals surface area contributed by atoms with Crippen LogP contribution in [-0.2, 0) is 4.79 Å². The van der Waals surface area contributed by atoms with Crippen LogP contribution in [0.15, 0.2) is 75.7 Å². The predicted molar refractivity (Wildman–Crippen MR) is 129 cm³/mol. The molecule has 0 bridgehead atoms. The monoisotopic (exact) mass is 514 g/mol. The second-order valence-corrected chi connectivity index (χ2v) is 9.11. The number of hydrogen-bond acceptors (Lipinski definition) is 6. The number of aromatic nitrogens is 3. The number of amides is 1. The summed E-state index contributed by atoms with van der Waals surface area (Å²) in [7, 11) is 0. The number of benzene rings is 2. The number of thioether (sulfide) groups is 1. The molecule has 2 aromatic carbocycles. The summed E-state index contributed by atoms with van der Waals surface area (Å²) in [5.74, 6) is 1.64. The quantitative estimate of drug-likeness (QED) is 0.297. The summed E-state index contributed by atoms with van der Waals surface area (Å²) in [5, 5.41) is 14.3. The standard InChI is InChI=1S/C22H19BrN4O2S2/c1-2-29-16-11-9-15(10-12-16)27-21(19-8-5-13-30-19)25-26-22(27)31-14-20(28)24-18-7-4-3-6-17(18)23/h3-13H,2,14H2,1H3,(H,24,28). The molecule has 158 valence electrons. The van der Waals surface area contributed by atoms with Crippen LogP contribution >= 0.6 is 39.0 Å². The van der Waals surface area contributed by atoms with E-state index in [1.807, 2.05) is 77.5 Å². The Morgan fingerprint density at radius 3 is 2.65 bits per heavy atom. The first-order valence-electron chi connectivity index (χ1n) is 9.55. The normalized spacial score (nSPS) is 10.8. The Kier molecular flexibility index (Phi) is 7.06. The second kappa shape index (κ2) is 10.1. The summed E-state index contributed by atoms with van der Waals surface area (Å²) in [6, 6.07) is 19.3. The predicted octanol–water partition coefficient (Wildman–Crippen LogP) is 5.89. The molecule has 0 unspecified atom stereocenters. The third-order valence-corrected chi connectivity index (χ3v) is 6.75. The maximum atomic E-state index is 12.5. The van der Waals surface area contributed by atoms with Gasteiger partial charge in [0.05, 0.1) is 28.6 Å². The van der Waals surface area contributed by atoms with Crippen molar-refractivity contribution >= 4 is 50.6 Å². The highest BCUT2D eigenvalue weighted by molar-refractivity contribution is 9.10. The molecular weight excluding hydrogens is 496 g/mol. The van der Waals surface area contributed by atoms with Crippen LogP contribution in [-0.4, -0.2) is 33.0 Å². The Balaban J connectivity index is 1.57. The molecular formula is C22H19BrN4O2S2. The number of hydrogen-bond donors (Lipinski definition) is 1. The molecule has 0 atom stereocenters. The number of nitrogens with one attached hydrogen (secondary N) is 1. The maximum absolute atomic E-state index is 12.5. The Hall–Kier alpha value is -2.62. The van der Waals surface area contributed by atoms with Gasteiger partial charge in [0.1, 0.15) is 5.75 Å². The van der Waals surface area contributed by atoms with Gasteiger partial charge in [0.15, 0.2) is 11.0 Å². The minimum Gasteiger partial charge on any atom is -0.494 e. The fourth-order valence-corrected chi connectivity index (χ4v) is 4.73. The number of carbonyl (C=O) groups is 1. The summed E-state index contributed by atoms with van der Waals surface area (Å²) < 4.78 is 8.36. The number of ether oxygens (including phenoxy) is 1. The number of para-hydroxylation sites is 1. The fraction of sp³-hybridized carbons (Fsp3) is 0.136. The van der Waals surface area contributed by atoms with Crippen molar-refractivity contribution < 1.29 is 9.53 Å². The number of rotatable bonds is 8. The van der Waals surface area contributed by atoms with Crippen LogP contribution in [0.2, 0.25) is 0 Å². The highest BCUT2D eigenvalue weighted by Gasteiger charge is 2.18. The van der Waals surface area contributed by atoms with E-state index in [0.29, 0.717) is 11.8 Å². The average molecular weight is 515 g/mol. The van der Waals surface area contributed by atoms with Crippen LogP contribution in [0, 0.1) is 0 Å². The van der Waals surface area contributed by atoms with Gasteiger partial charge in [-0.25, -0.2) is 0 Å². The van der Waals surface area contributed by atoms with Gasteiger partial charge in [0, 0.05) is 4.47 Å². The number of nitrogens with zero attached hydrogens (tertiary/aromatic N) is 3. The van der Waals surface area contributed by atoms with Crippen molar-refractivity contribution in [1.29, 1.82) is 0 Å². The van der Waals surface area contributed by atoms with E-state index in [2.05, 4.69) is 31.4 Å². The molecule has 0 fully saturated rings. The van der Waals surface area contributed by atoms with Gasteiger partial charge in [0.2, 0.25) is 5.91 Å². The van der Waals surface area contributed by atoms with Gasteiger partial charge in [-0.05, 0) is 70.7 Å². The van der Waals surface area contributed by atoms with Crippen LogP contribution in [0.5, 0.6) is 5.75 Å². The Morgan fingerprint density at radius 2 is 1.94 bits per heavy atom. The lowest BCUT2D eigenvalue weighted by Gasteiger charge is -2.11. The van der Waals surface area contributed by atoms with Gasteiger partial charge in [0.25, 0.3) is 0 Å². The number of carbonyl (C=O) groups excluding carboxylic acids is 1. The first kappa shape index (κ1) is 21.6. The van der Waals surface area contributed by atoms with E-state index in [-0.39, 0.29) is 11.7 Å². The van der Waals surface area contributed by atoms with Crippen LogP contribution < -0.4 is 10.1 Å². The highest BCUT2D eigenvalue weighted by Crippen LogP contribution is 2.31. The van der Waals surface area contributed by atoms with Gasteiger partial charge in [-0.15, -0.1) is 21.5 Å². The van der Waals surface area contributed by atoms with Crippen LogP contribution in [0.3, 0.4) is 0 Å². The number of thiophene rings is 1. The SMILES string of the molecule is CCOc1ccc(-n2c(SCC(=O)Nc3ccccc3Br)nnc2-c2cccs2)cc1. The lowest BCUT2D eigenvalue weighted by Crippen LogP contribution is -2.15. The molecule has 0 spiro atoms. The molecule has 4 rings (SSSR count). The van der Waals surface area contributed by atoms with E-state index >= 15 is 0 Å². The van der Waals surface area contributed by atoms with E-state index in [4.69, 9.17) is 4.74 Å². The maximum Gasteiger partial charge on any atom is 0.234 e. The van der Waals surface area contributed by atoms with Gasteiger partial charge >= 0.3 is 0 Å². The topological polar surface area (TPSA) is 69.0 Å². The molecule has 2 aromatic heterocycles. The molecule has 0 saturated heterocycles. The van der Waals surface area contributed by atoms with Crippen LogP contribution in [0.1, 0.15) is 6.92 Å². The van der Waals surface area contributed by atoms with Crippen molar-refractivity contribution in [3.8, 4) is 22.1 Å². The average Bonchev–Trinajstić information content (AvgIpc) is 3.44. The number of anilines is 1. The third kappa shape index (κ3) is 5.17. The Bertz CT molecular complexity index is 1160. The Labute approximate surface area is 196 Å². The largest absolute Gasteiger partial charge is 0.494 e. The zero-order chi connectivity index (χ0) is 21.6. The first-order valence-corrected chi connectivity index (χ1v) is 12.2. The molecule has 0 aliphatic rings. The lowest BCUT2D eigenvalue weighted by molar-refractivity contribution is -0.113. The van der Waals surface area contributed by atoms with E-state index < -0.39 is 0 Å². The summed E-state index contributed by atoms with van der Waals surface area (Å²) in [6.07, 6.45) is 0. The molecule has 0 aliphatic heterocycles. The molecule has 31 heavy (non-hydrogen) atoms. The Morgan fingerprint density at radius 1 is 1.13 bits per heavy atom. The second-order valence-electron chi connectivity index (χ2n) is 6.36. The molecule has 0 aliphatic carbocycles. The molecule has 1 N–H and O–H groups in total. The van der Waals surface area contributed by atoms with Crippen molar-refractivity contribution in [2.24, 2.45) is 0 Å². The van der Waals surface area contributed by atoms with Gasteiger partial charge in [-0.1, -0.05) is 30.0 Å². The molecule has 4 aromatic rings. The summed E-state index contributed by atoms with van der Waals surface area (Å²) in [5.41, 5.74) is 1.64. The van der Waals surface area contributed by atoms with Crippen molar-refractivity contribution in [3.05, 3.63) is 70.5 Å². The summed E-state index contributed by atoms with van der Waals surface area (Å²) >= 11 is 6.39. The van der Waals surface area contributed by atoms with E-state index in [0.717, 1.165) is 32.3 Å². The lowest BCUT2D eigenvalue weighted by atomic mass is 10.3. The van der Waals surface area contributed by atoms with Crippen LogP contribution in [0.25, 0.3) is 16.4 Å².